The second-order valence-electron chi connectivity index (χ2n) is 4.03. The molecule has 21 heavy (non-hydrogen) atoms. The summed E-state index contributed by atoms with van der Waals surface area (Å²) in [6, 6.07) is 4.16. The van der Waals surface area contributed by atoms with Gasteiger partial charge in [0.25, 0.3) is 0 Å². The van der Waals surface area contributed by atoms with Crippen molar-refractivity contribution < 1.29 is 14.7 Å². The summed E-state index contributed by atoms with van der Waals surface area (Å²) in [5, 5.41) is 18.2. The van der Waals surface area contributed by atoms with Crippen LogP contribution in [-0.2, 0) is 11.3 Å². The number of carboxylic acid groups (broad SMARTS) is 1. The van der Waals surface area contributed by atoms with E-state index in [2.05, 4.69) is 15.7 Å². The van der Waals surface area contributed by atoms with Crippen LogP contribution in [0.3, 0.4) is 0 Å². The number of amides is 2. The van der Waals surface area contributed by atoms with Crippen molar-refractivity contribution in [2.24, 2.45) is 0 Å². The number of anilines is 2. The minimum atomic E-state index is -1.02. The lowest BCUT2D eigenvalue weighted by Crippen LogP contribution is -2.19. The highest BCUT2D eigenvalue weighted by molar-refractivity contribution is 6.42. The lowest BCUT2D eigenvalue weighted by molar-refractivity contribution is -0.137. The average molecular weight is 329 g/mol. The number of aromatic nitrogens is 2. The van der Waals surface area contributed by atoms with Crippen molar-refractivity contribution >= 4 is 46.6 Å². The highest BCUT2D eigenvalue weighted by Gasteiger charge is 2.07. The van der Waals surface area contributed by atoms with Crippen LogP contribution in [-0.4, -0.2) is 26.9 Å². The van der Waals surface area contributed by atoms with Crippen molar-refractivity contribution in [3.8, 4) is 0 Å². The van der Waals surface area contributed by atoms with Gasteiger partial charge >= 0.3 is 12.0 Å². The minimum absolute atomic E-state index is 0.282. The molecule has 0 atom stereocenters. The number of carbonyl (C=O) groups is 2. The molecule has 1 aromatic heterocycles. The van der Waals surface area contributed by atoms with E-state index in [1.807, 2.05) is 0 Å². The van der Waals surface area contributed by atoms with Gasteiger partial charge < -0.3 is 15.7 Å². The molecule has 1 aromatic carbocycles. The number of hydrogen-bond acceptors (Lipinski definition) is 3. The SMILES string of the molecule is O=C(O)Cn1cc(NC(=O)Nc2ccc(Cl)c(Cl)c2)cn1. The third-order valence-corrected chi connectivity index (χ3v) is 3.10. The topological polar surface area (TPSA) is 96.2 Å². The highest BCUT2D eigenvalue weighted by Crippen LogP contribution is 2.25. The van der Waals surface area contributed by atoms with E-state index in [1.165, 1.54) is 23.1 Å². The Labute approximate surface area is 129 Å². The highest BCUT2D eigenvalue weighted by atomic mass is 35.5. The maximum Gasteiger partial charge on any atom is 0.325 e. The summed E-state index contributed by atoms with van der Waals surface area (Å²) in [6.07, 6.45) is 2.75. The van der Waals surface area contributed by atoms with Gasteiger partial charge in [-0.1, -0.05) is 23.2 Å². The van der Waals surface area contributed by atoms with Gasteiger partial charge in [0.2, 0.25) is 0 Å². The fourth-order valence-corrected chi connectivity index (χ4v) is 1.82. The minimum Gasteiger partial charge on any atom is -0.480 e. The molecule has 1 heterocycles. The zero-order chi connectivity index (χ0) is 15.4. The van der Waals surface area contributed by atoms with Crippen LogP contribution in [0.5, 0.6) is 0 Å². The molecule has 0 aliphatic carbocycles. The molecular formula is C12H10Cl2N4O3. The van der Waals surface area contributed by atoms with Crippen molar-refractivity contribution in [3.63, 3.8) is 0 Å². The van der Waals surface area contributed by atoms with Crippen LogP contribution in [0, 0.1) is 0 Å². The maximum absolute atomic E-state index is 11.8. The number of halogens is 2. The molecule has 0 bridgehead atoms. The van der Waals surface area contributed by atoms with E-state index >= 15 is 0 Å². The van der Waals surface area contributed by atoms with Crippen LogP contribution in [0.4, 0.5) is 16.2 Å². The van der Waals surface area contributed by atoms with E-state index in [0.29, 0.717) is 21.4 Å². The number of benzene rings is 1. The molecule has 0 aliphatic heterocycles. The second kappa shape index (κ2) is 6.47. The van der Waals surface area contributed by atoms with Gasteiger partial charge in [0, 0.05) is 11.9 Å². The Morgan fingerprint density at radius 1 is 1.19 bits per heavy atom. The predicted octanol–water partition coefficient (Wildman–Crippen LogP) is 2.92. The first-order chi connectivity index (χ1) is 9.94. The molecule has 0 fully saturated rings. The number of carbonyl (C=O) groups excluding carboxylic acids is 1. The normalized spacial score (nSPS) is 10.2. The smallest absolute Gasteiger partial charge is 0.325 e. The zero-order valence-corrected chi connectivity index (χ0v) is 12.0. The zero-order valence-electron chi connectivity index (χ0n) is 10.5. The average Bonchev–Trinajstić information content (AvgIpc) is 2.80. The van der Waals surface area contributed by atoms with Gasteiger partial charge in [0.15, 0.2) is 0 Å². The molecule has 0 unspecified atom stereocenters. The maximum atomic E-state index is 11.8. The number of rotatable bonds is 4. The summed E-state index contributed by atoms with van der Waals surface area (Å²) >= 11 is 11.6. The van der Waals surface area contributed by atoms with E-state index in [1.54, 1.807) is 12.1 Å². The first-order valence-electron chi connectivity index (χ1n) is 5.71. The van der Waals surface area contributed by atoms with E-state index in [-0.39, 0.29) is 6.54 Å². The van der Waals surface area contributed by atoms with Crippen LogP contribution < -0.4 is 10.6 Å². The Morgan fingerprint density at radius 3 is 2.57 bits per heavy atom. The molecule has 0 radical (unpaired) electrons. The molecule has 0 saturated heterocycles. The molecule has 9 heteroatoms. The van der Waals surface area contributed by atoms with E-state index in [4.69, 9.17) is 28.3 Å². The number of hydrogen-bond donors (Lipinski definition) is 3. The van der Waals surface area contributed by atoms with Crippen LogP contribution in [0.15, 0.2) is 30.6 Å². The van der Waals surface area contributed by atoms with E-state index in [0.717, 1.165) is 0 Å². The lowest BCUT2D eigenvalue weighted by Gasteiger charge is -2.06. The van der Waals surface area contributed by atoms with Gasteiger partial charge in [-0.15, -0.1) is 0 Å². The lowest BCUT2D eigenvalue weighted by atomic mass is 10.3. The number of aliphatic carboxylic acids is 1. The molecule has 2 amide bonds. The molecule has 2 aromatic rings. The largest absolute Gasteiger partial charge is 0.480 e. The summed E-state index contributed by atoms with van der Waals surface area (Å²) in [5.41, 5.74) is 0.841. The Kier molecular flexibility index (Phi) is 4.66. The molecule has 2 rings (SSSR count). The van der Waals surface area contributed by atoms with Crippen LogP contribution in [0.1, 0.15) is 0 Å². The third kappa shape index (κ3) is 4.37. The van der Waals surface area contributed by atoms with Gasteiger partial charge in [-0.05, 0) is 18.2 Å². The predicted molar refractivity (Wildman–Crippen MR) is 79.0 cm³/mol. The number of nitrogens with zero attached hydrogens (tertiary/aromatic N) is 2. The monoisotopic (exact) mass is 328 g/mol. The third-order valence-electron chi connectivity index (χ3n) is 2.37. The Balaban J connectivity index is 1.96. The first-order valence-corrected chi connectivity index (χ1v) is 6.47. The van der Waals surface area contributed by atoms with E-state index in [9.17, 15) is 9.59 Å². The second-order valence-corrected chi connectivity index (χ2v) is 4.84. The van der Waals surface area contributed by atoms with Crippen molar-refractivity contribution in [3.05, 3.63) is 40.6 Å². The fraction of sp³-hybridized carbons (Fsp3) is 0.0833. The molecule has 7 nitrogen and oxygen atoms in total. The summed E-state index contributed by atoms with van der Waals surface area (Å²) < 4.78 is 1.19. The van der Waals surface area contributed by atoms with Crippen LogP contribution >= 0.6 is 23.2 Å². The quantitative estimate of drug-likeness (QED) is 0.803. The molecule has 0 saturated carbocycles. The van der Waals surface area contributed by atoms with Crippen molar-refractivity contribution in [1.82, 2.24) is 9.78 Å². The fourth-order valence-electron chi connectivity index (χ4n) is 1.52. The van der Waals surface area contributed by atoms with Crippen LogP contribution in [0.25, 0.3) is 0 Å². The number of carboxylic acids is 1. The Morgan fingerprint density at radius 2 is 1.90 bits per heavy atom. The van der Waals surface area contributed by atoms with Crippen LogP contribution in [0.2, 0.25) is 10.0 Å². The summed E-state index contributed by atoms with van der Waals surface area (Å²) in [6.45, 7) is -0.282. The summed E-state index contributed by atoms with van der Waals surface area (Å²) in [7, 11) is 0. The summed E-state index contributed by atoms with van der Waals surface area (Å²) in [5.74, 6) is -1.02. The molecule has 0 aliphatic rings. The first kappa shape index (κ1) is 15.1. The van der Waals surface area contributed by atoms with E-state index < -0.39 is 12.0 Å². The Hall–Kier alpha value is -2.25. The van der Waals surface area contributed by atoms with Gasteiger partial charge in [-0.2, -0.15) is 5.10 Å². The van der Waals surface area contributed by atoms with Gasteiger partial charge in [-0.3, -0.25) is 9.48 Å². The number of nitrogens with one attached hydrogen (secondary N) is 2. The molecule has 3 N–H and O–H groups in total. The molecule has 110 valence electrons. The number of urea groups is 1. The van der Waals surface area contributed by atoms with Crippen molar-refractivity contribution in [1.29, 1.82) is 0 Å². The molecule has 0 spiro atoms. The van der Waals surface area contributed by atoms with Gasteiger partial charge in [0.1, 0.15) is 6.54 Å². The van der Waals surface area contributed by atoms with Gasteiger partial charge in [-0.25, -0.2) is 4.79 Å². The van der Waals surface area contributed by atoms with Gasteiger partial charge in [0.05, 0.1) is 21.9 Å². The van der Waals surface area contributed by atoms with Crippen molar-refractivity contribution in [2.45, 2.75) is 6.54 Å². The summed E-state index contributed by atoms with van der Waals surface area (Å²) in [4.78, 5) is 22.3. The standard InChI is InChI=1S/C12H10Cl2N4O3/c13-9-2-1-7(3-10(9)14)16-12(21)17-8-4-15-18(5-8)6-11(19)20/h1-5H,6H2,(H,19,20)(H2,16,17,21). The van der Waals surface area contributed by atoms with Crippen molar-refractivity contribution in [2.75, 3.05) is 10.6 Å². The Bertz CT molecular complexity index is 687. The molecular weight excluding hydrogens is 319 g/mol.